The molecule has 140 valence electrons. The minimum Gasteiger partial charge on any atom is -0.481 e. The molecule has 0 fully saturated rings. The molecule has 0 bridgehead atoms. The summed E-state index contributed by atoms with van der Waals surface area (Å²) < 4.78 is 33.1. The summed E-state index contributed by atoms with van der Waals surface area (Å²) >= 11 is 0. The number of aliphatic carboxylic acids is 1. The smallest absolute Gasteiger partial charge is 0.367 e. The van der Waals surface area contributed by atoms with E-state index in [1.54, 1.807) is 38.1 Å². The number of nitrogens with two attached hydrogens (primary N) is 1. The third-order valence-electron chi connectivity index (χ3n) is 3.23. The van der Waals surface area contributed by atoms with E-state index >= 15 is 0 Å². The molecule has 0 aliphatic heterocycles. The Morgan fingerprint density at radius 3 is 2.32 bits per heavy atom. The number of hydrogen-bond donors (Lipinski definition) is 2. The van der Waals surface area contributed by atoms with Crippen LogP contribution in [-0.2, 0) is 29.5 Å². The predicted octanol–water partition coefficient (Wildman–Crippen LogP) is 1.99. The van der Waals surface area contributed by atoms with Gasteiger partial charge in [0.2, 0.25) is 0 Å². The molecule has 1 atom stereocenters. The van der Waals surface area contributed by atoms with E-state index in [1.165, 1.54) is 0 Å². The second-order valence-electron chi connectivity index (χ2n) is 5.14. The van der Waals surface area contributed by atoms with Crippen molar-refractivity contribution < 1.29 is 32.9 Å². The maximum absolute atomic E-state index is 12.3. The Balaban J connectivity index is 2.63. The first kappa shape index (κ1) is 21.7. The first-order valence-electron chi connectivity index (χ1n) is 8.04. The van der Waals surface area contributed by atoms with Crippen LogP contribution in [0.3, 0.4) is 0 Å². The van der Waals surface area contributed by atoms with Crippen molar-refractivity contribution >= 4 is 21.0 Å². The topological polar surface area (TPSA) is 117 Å². The van der Waals surface area contributed by atoms with Gasteiger partial charge in [0.1, 0.15) is 5.75 Å². The lowest BCUT2D eigenvalue weighted by Crippen LogP contribution is -2.21. The zero-order valence-corrected chi connectivity index (χ0v) is 15.4. The second-order valence-corrected chi connectivity index (χ2v) is 7.14. The summed E-state index contributed by atoms with van der Waals surface area (Å²) in [6, 6.07) is 6.86. The summed E-state index contributed by atoms with van der Waals surface area (Å²) in [7, 11) is -3.22. The van der Waals surface area contributed by atoms with E-state index in [0.29, 0.717) is 12.2 Å². The van der Waals surface area contributed by atoms with Gasteiger partial charge in [-0.05, 0) is 38.0 Å². The third-order valence-corrected chi connectivity index (χ3v) is 4.98. The minimum absolute atomic E-state index is 0.0176. The Kier molecular flexibility index (Phi) is 9.78. The van der Waals surface area contributed by atoms with Gasteiger partial charge in [0.05, 0.1) is 25.8 Å². The molecule has 3 N–H and O–H groups in total. The molecule has 1 aromatic carbocycles. The summed E-state index contributed by atoms with van der Waals surface area (Å²) in [5, 5.41) is 9.19. The average molecular weight is 373 g/mol. The highest BCUT2D eigenvalue weighted by atomic mass is 31.2. The Hall–Kier alpha value is -1.38. The van der Waals surface area contributed by atoms with Crippen LogP contribution in [0.15, 0.2) is 24.3 Å². The molecule has 1 aromatic rings. The number of carbonyl (C=O) groups is 1. The highest BCUT2D eigenvalue weighted by Crippen LogP contribution is 2.47. The Morgan fingerprint density at radius 2 is 1.84 bits per heavy atom. The van der Waals surface area contributed by atoms with E-state index in [1.807, 2.05) is 0 Å². The molecule has 0 saturated heterocycles. The Labute approximate surface area is 148 Å². The molecular formula is C15H25BNO7P. The van der Waals surface area contributed by atoms with Gasteiger partial charge in [0.25, 0.3) is 7.48 Å². The fraction of sp³-hybridized carbons (Fsp3) is 0.533. The lowest BCUT2D eigenvalue weighted by molar-refractivity contribution is -0.137. The summed E-state index contributed by atoms with van der Waals surface area (Å²) in [5.74, 6) is -1.12. The standard InChI is InChI=1S/C15H25BNO7P/c1-3-23-25(20,24-4-2)11-21-13-7-5-12(6-8-13)9-14(15(18)19)16-22-10-17/h5-8,14,16H,3-4,9-11,17H2,1-2H3,(H,18,19)/t14-/m0/s1. The van der Waals surface area contributed by atoms with Gasteiger partial charge < -0.3 is 29.3 Å². The Bertz CT molecular complexity index is 560. The fourth-order valence-electron chi connectivity index (χ4n) is 2.09. The van der Waals surface area contributed by atoms with Crippen LogP contribution in [0.1, 0.15) is 19.4 Å². The van der Waals surface area contributed by atoms with E-state index in [4.69, 9.17) is 24.2 Å². The lowest BCUT2D eigenvalue weighted by Gasteiger charge is -2.17. The zero-order chi connectivity index (χ0) is 18.7. The molecule has 0 amide bonds. The van der Waals surface area contributed by atoms with Crippen LogP contribution in [0, 0.1) is 0 Å². The van der Waals surface area contributed by atoms with Crippen molar-refractivity contribution in [2.45, 2.75) is 26.1 Å². The van der Waals surface area contributed by atoms with Gasteiger partial charge in [0, 0.05) is 0 Å². The molecule has 10 heteroatoms. The van der Waals surface area contributed by atoms with Crippen molar-refractivity contribution in [3.05, 3.63) is 29.8 Å². The normalized spacial score (nSPS) is 12.6. The highest BCUT2D eigenvalue weighted by molar-refractivity contribution is 7.53. The van der Waals surface area contributed by atoms with Crippen LogP contribution in [0.25, 0.3) is 0 Å². The van der Waals surface area contributed by atoms with Crippen LogP contribution in [-0.4, -0.2) is 44.9 Å². The summed E-state index contributed by atoms with van der Waals surface area (Å²) in [6.45, 7) is 3.97. The largest absolute Gasteiger partial charge is 0.481 e. The van der Waals surface area contributed by atoms with Gasteiger partial charge in [-0.2, -0.15) is 0 Å². The average Bonchev–Trinajstić information content (AvgIpc) is 2.58. The number of benzene rings is 1. The van der Waals surface area contributed by atoms with Gasteiger partial charge in [0.15, 0.2) is 6.35 Å². The molecule has 0 aliphatic rings. The Morgan fingerprint density at radius 1 is 1.24 bits per heavy atom. The van der Waals surface area contributed by atoms with Gasteiger partial charge in [-0.3, -0.25) is 9.36 Å². The summed E-state index contributed by atoms with van der Waals surface area (Å²) in [5.41, 5.74) is 6.04. The van der Waals surface area contributed by atoms with Crippen molar-refractivity contribution in [1.29, 1.82) is 0 Å². The van der Waals surface area contributed by atoms with Crippen molar-refractivity contribution in [1.82, 2.24) is 0 Å². The maximum Gasteiger partial charge on any atom is 0.367 e. The highest BCUT2D eigenvalue weighted by Gasteiger charge is 2.25. The number of rotatable bonds is 13. The molecular weight excluding hydrogens is 348 g/mol. The van der Waals surface area contributed by atoms with Gasteiger partial charge >= 0.3 is 13.6 Å². The molecule has 0 unspecified atom stereocenters. The first-order chi connectivity index (χ1) is 11.9. The number of carboxylic acids is 1. The maximum atomic E-state index is 12.3. The van der Waals surface area contributed by atoms with Crippen LogP contribution in [0.2, 0.25) is 5.82 Å². The second kappa shape index (κ2) is 11.3. The molecule has 1 rings (SSSR count). The van der Waals surface area contributed by atoms with Crippen LogP contribution >= 0.6 is 7.60 Å². The monoisotopic (exact) mass is 373 g/mol. The van der Waals surface area contributed by atoms with Crippen molar-refractivity contribution in [2.75, 3.05) is 26.3 Å². The fourth-order valence-corrected chi connectivity index (χ4v) is 3.41. The van der Waals surface area contributed by atoms with Crippen molar-refractivity contribution in [2.24, 2.45) is 5.73 Å². The molecule has 0 saturated carbocycles. The zero-order valence-electron chi connectivity index (χ0n) is 14.6. The number of ether oxygens (including phenoxy) is 1. The molecule has 0 heterocycles. The molecule has 0 aromatic heterocycles. The van der Waals surface area contributed by atoms with Crippen LogP contribution in [0.5, 0.6) is 5.75 Å². The molecule has 25 heavy (non-hydrogen) atoms. The van der Waals surface area contributed by atoms with E-state index in [9.17, 15) is 14.5 Å². The minimum atomic E-state index is -3.27. The summed E-state index contributed by atoms with van der Waals surface area (Å²) in [6.07, 6.45) is 0.127. The van der Waals surface area contributed by atoms with E-state index in [-0.39, 0.29) is 33.8 Å². The molecule has 0 spiro atoms. The van der Waals surface area contributed by atoms with Gasteiger partial charge in [-0.15, -0.1) is 0 Å². The molecule has 0 radical (unpaired) electrons. The van der Waals surface area contributed by atoms with E-state index < -0.39 is 19.4 Å². The lowest BCUT2D eigenvalue weighted by atomic mass is 9.76. The van der Waals surface area contributed by atoms with Crippen LogP contribution in [0.4, 0.5) is 0 Å². The number of carboxylic acid groups (broad SMARTS) is 1. The predicted molar refractivity (Wildman–Crippen MR) is 95.2 cm³/mol. The van der Waals surface area contributed by atoms with Gasteiger partial charge in [-0.1, -0.05) is 12.1 Å². The number of hydrogen-bond acceptors (Lipinski definition) is 7. The van der Waals surface area contributed by atoms with Crippen molar-refractivity contribution in [3.8, 4) is 5.75 Å². The molecule has 8 nitrogen and oxygen atoms in total. The first-order valence-corrected chi connectivity index (χ1v) is 9.77. The van der Waals surface area contributed by atoms with Crippen LogP contribution < -0.4 is 10.5 Å². The SMILES string of the molecule is CCOP(=O)(COc1ccc(C[C@H](BOCN)C(=O)O)cc1)OCC. The summed E-state index contributed by atoms with van der Waals surface area (Å²) in [4.78, 5) is 11.2. The third kappa shape index (κ3) is 8.03. The van der Waals surface area contributed by atoms with Crippen molar-refractivity contribution in [3.63, 3.8) is 0 Å². The van der Waals surface area contributed by atoms with Gasteiger partial charge in [-0.25, -0.2) is 0 Å². The van der Waals surface area contributed by atoms with E-state index in [2.05, 4.69) is 0 Å². The quantitative estimate of drug-likeness (QED) is 0.306. The molecule has 0 aliphatic carbocycles. The van der Waals surface area contributed by atoms with E-state index in [0.717, 1.165) is 5.56 Å².